The van der Waals surface area contributed by atoms with Crippen LogP contribution in [0.2, 0.25) is 0 Å². The predicted octanol–water partition coefficient (Wildman–Crippen LogP) is 3.74. The van der Waals surface area contributed by atoms with E-state index in [1.54, 1.807) is 0 Å². The van der Waals surface area contributed by atoms with E-state index in [-0.39, 0.29) is 5.91 Å². The number of hydrogen-bond acceptors (Lipinski definition) is 2. The van der Waals surface area contributed by atoms with Crippen LogP contribution in [0.25, 0.3) is 0 Å². The maximum Gasteiger partial charge on any atom is 0.238 e. The van der Waals surface area contributed by atoms with Gasteiger partial charge in [0.25, 0.3) is 0 Å². The Morgan fingerprint density at radius 3 is 2.95 bits per heavy atom. The smallest absolute Gasteiger partial charge is 0.238 e. The third kappa shape index (κ3) is 5.88. The zero-order valence-electron chi connectivity index (χ0n) is 13.3. The standard InChI is InChI=1S/C18H28N2O/c1-14-5-3-7-16(11-14)9-10-19-13-18(21)20-17-8-4-6-15(2)12-17/h4,6,8,12,14,16,19H,3,5,7,9-11,13H2,1-2H3,(H,20,21). The normalized spacial score (nSPS) is 22.0. The molecule has 0 radical (unpaired) electrons. The van der Waals surface area contributed by atoms with Crippen molar-refractivity contribution in [2.75, 3.05) is 18.4 Å². The molecule has 2 rings (SSSR count). The fraction of sp³-hybridized carbons (Fsp3) is 0.611. The maximum atomic E-state index is 11.9. The van der Waals surface area contributed by atoms with Crippen LogP contribution < -0.4 is 10.6 Å². The summed E-state index contributed by atoms with van der Waals surface area (Å²) in [5.41, 5.74) is 2.04. The highest BCUT2D eigenvalue weighted by atomic mass is 16.1. The van der Waals surface area contributed by atoms with E-state index in [9.17, 15) is 4.79 Å². The van der Waals surface area contributed by atoms with Gasteiger partial charge in [0.1, 0.15) is 0 Å². The summed E-state index contributed by atoms with van der Waals surface area (Å²) in [5, 5.41) is 6.20. The van der Waals surface area contributed by atoms with Crippen molar-refractivity contribution in [3.63, 3.8) is 0 Å². The number of amides is 1. The second-order valence-electron chi connectivity index (χ2n) is 6.52. The molecule has 1 aliphatic carbocycles. The van der Waals surface area contributed by atoms with Crippen LogP contribution in [-0.2, 0) is 4.79 Å². The highest BCUT2D eigenvalue weighted by molar-refractivity contribution is 5.92. The highest BCUT2D eigenvalue weighted by Crippen LogP contribution is 2.30. The Morgan fingerprint density at radius 2 is 2.19 bits per heavy atom. The van der Waals surface area contributed by atoms with Crippen molar-refractivity contribution >= 4 is 11.6 Å². The van der Waals surface area contributed by atoms with Crippen LogP contribution in [0.1, 0.15) is 44.6 Å². The Bertz CT molecular complexity index is 458. The first-order valence-electron chi connectivity index (χ1n) is 8.20. The number of anilines is 1. The van der Waals surface area contributed by atoms with Crippen LogP contribution >= 0.6 is 0 Å². The van der Waals surface area contributed by atoms with E-state index in [4.69, 9.17) is 0 Å². The van der Waals surface area contributed by atoms with Crippen molar-refractivity contribution in [2.24, 2.45) is 11.8 Å². The SMILES string of the molecule is Cc1cccc(NC(=O)CNCCC2CCCC(C)C2)c1. The van der Waals surface area contributed by atoms with Crippen molar-refractivity contribution in [2.45, 2.75) is 46.0 Å². The molecule has 1 aromatic carbocycles. The second-order valence-corrected chi connectivity index (χ2v) is 6.52. The van der Waals surface area contributed by atoms with E-state index in [1.165, 1.54) is 32.1 Å². The Morgan fingerprint density at radius 1 is 1.33 bits per heavy atom. The van der Waals surface area contributed by atoms with E-state index >= 15 is 0 Å². The van der Waals surface area contributed by atoms with Gasteiger partial charge in [0.2, 0.25) is 5.91 Å². The number of rotatable bonds is 6. The van der Waals surface area contributed by atoms with E-state index in [0.717, 1.165) is 29.6 Å². The minimum absolute atomic E-state index is 0.0395. The third-order valence-electron chi connectivity index (χ3n) is 4.36. The largest absolute Gasteiger partial charge is 0.325 e. The summed E-state index contributed by atoms with van der Waals surface area (Å²) >= 11 is 0. The number of benzene rings is 1. The average molecular weight is 288 g/mol. The molecule has 0 saturated heterocycles. The number of carbonyl (C=O) groups excluding carboxylic acids is 1. The lowest BCUT2D eigenvalue weighted by atomic mass is 9.81. The lowest BCUT2D eigenvalue weighted by Gasteiger charge is -2.26. The van der Waals surface area contributed by atoms with Crippen LogP contribution in [0, 0.1) is 18.8 Å². The van der Waals surface area contributed by atoms with Crippen molar-refractivity contribution in [1.82, 2.24) is 5.32 Å². The lowest BCUT2D eigenvalue weighted by molar-refractivity contribution is -0.115. The van der Waals surface area contributed by atoms with Gasteiger partial charge in [-0.1, -0.05) is 38.3 Å². The fourth-order valence-corrected chi connectivity index (χ4v) is 3.26. The summed E-state index contributed by atoms with van der Waals surface area (Å²) in [6, 6.07) is 7.90. The Labute approximate surface area is 128 Å². The molecular weight excluding hydrogens is 260 g/mol. The summed E-state index contributed by atoms with van der Waals surface area (Å²) in [5.74, 6) is 1.77. The van der Waals surface area contributed by atoms with E-state index in [2.05, 4.69) is 17.6 Å². The molecule has 1 saturated carbocycles. The average Bonchev–Trinajstić information content (AvgIpc) is 2.44. The van der Waals surface area contributed by atoms with Gasteiger partial charge >= 0.3 is 0 Å². The first-order chi connectivity index (χ1) is 10.1. The molecule has 0 spiro atoms. The lowest BCUT2D eigenvalue weighted by Crippen LogP contribution is -2.30. The van der Waals surface area contributed by atoms with Crippen LogP contribution in [-0.4, -0.2) is 19.0 Å². The van der Waals surface area contributed by atoms with Crippen LogP contribution in [0.5, 0.6) is 0 Å². The minimum atomic E-state index is 0.0395. The molecule has 116 valence electrons. The van der Waals surface area contributed by atoms with Crippen LogP contribution in [0.3, 0.4) is 0 Å². The van der Waals surface area contributed by atoms with Gasteiger partial charge in [-0.3, -0.25) is 4.79 Å². The van der Waals surface area contributed by atoms with Gasteiger partial charge in [-0.15, -0.1) is 0 Å². The topological polar surface area (TPSA) is 41.1 Å². The molecule has 1 aromatic rings. The van der Waals surface area contributed by atoms with Gasteiger partial charge in [0.15, 0.2) is 0 Å². The molecule has 1 amide bonds. The Kier molecular flexibility index (Phi) is 6.24. The Hall–Kier alpha value is -1.35. The molecule has 1 aliphatic rings. The summed E-state index contributed by atoms with van der Waals surface area (Å²) in [7, 11) is 0. The van der Waals surface area contributed by atoms with Gasteiger partial charge in [-0.25, -0.2) is 0 Å². The molecule has 1 fully saturated rings. The fourth-order valence-electron chi connectivity index (χ4n) is 3.26. The van der Waals surface area contributed by atoms with E-state index in [1.807, 2.05) is 31.2 Å². The first kappa shape index (κ1) is 16.0. The second kappa shape index (κ2) is 8.18. The minimum Gasteiger partial charge on any atom is -0.325 e. The Balaban J connectivity index is 1.61. The molecule has 2 atom stereocenters. The van der Waals surface area contributed by atoms with Gasteiger partial charge < -0.3 is 10.6 Å². The summed E-state index contributed by atoms with van der Waals surface area (Å²) in [6.07, 6.45) is 6.68. The number of hydrogen-bond donors (Lipinski definition) is 2. The zero-order valence-corrected chi connectivity index (χ0v) is 13.3. The van der Waals surface area contributed by atoms with Gasteiger partial charge in [0, 0.05) is 5.69 Å². The van der Waals surface area contributed by atoms with Crippen molar-refractivity contribution in [3.05, 3.63) is 29.8 Å². The van der Waals surface area contributed by atoms with Gasteiger partial charge in [-0.05, 0) is 55.8 Å². The number of aryl methyl sites for hydroxylation is 1. The van der Waals surface area contributed by atoms with Crippen molar-refractivity contribution < 1.29 is 4.79 Å². The predicted molar refractivity (Wildman–Crippen MR) is 88.4 cm³/mol. The van der Waals surface area contributed by atoms with E-state index < -0.39 is 0 Å². The molecule has 0 aliphatic heterocycles. The molecule has 21 heavy (non-hydrogen) atoms. The molecular formula is C18H28N2O. The quantitative estimate of drug-likeness (QED) is 0.783. The van der Waals surface area contributed by atoms with Gasteiger partial charge in [0.05, 0.1) is 6.54 Å². The molecule has 0 bridgehead atoms. The van der Waals surface area contributed by atoms with Crippen LogP contribution in [0.4, 0.5) is 5.69 Å². The highest BCUT2D eigenvalue weighted by Gasteiger charge is 2.18. The van der Waals surface area contributed by atoms with Crippen molar-refractivity contribution in [3.8, 4) is 0 Å². The molecule has 0 heterocycles. The van der Waals surface area contributed by atoms with E-state index in [0.29, 0.717) is 6.54 Å². The monoisotopic (exact) mass is 288 g/mol. The van der Waals surface area contributed by atoms with Gasteiger partial charge in [-0.2, -0.15) is 0 Å². The summed E-state index contributed by atoms with van der Waals surface area (Å²) in [6.45, 7) is 5.72. The summed E-state index contributed by atoms with van der Waals surface area (Å²) in [4.78, 5) is 11.9. The maximum absolute atomic E-state index is 11.9. The molecule has 2 unspecified atom stereocenters. The number of nitrogens with one attached hydrogen (secondary N) is 2. The zero-order chi connectivity index (χ0) is 15.1. The van der Waals surface area contributed by atoms with Crippen molar-refractivity contribution in [1.29, 1.82) is 0 Å². The number of carbonyl (C=O) groups is 1. The summed E-state index contributed by atoms with van der Waals surface area (Å²) < 4.78 is 0. The molecule has 2 N–H and O–H groups in total. The molecule has 3 heteroatoms. The molecule has 0 aromatic heterocycles. The first-order valence-corrected chi connectivity index (χ1v) is 8.20. The molecule has 3 nitrogen and oxygen atoms in total. The van der Waals surface area contributed by atoms with Crippen LogP contribution in [0.15, 0.2) is 24.3 Å². The third-order valence-corrected chi connectivity index (χ3v) is 4.36.